The van der Waals surface area contributed by atoms with Gasteiger partial charge in [-0.05, 0) is 42.7 Å². The van der Waals surface area contributed by atoms with Crippen molar-refractivity contribution in [3.05, 3.63) is 59.1 Å². The fraction of sp³-hybridized carbons (Fsp3) is 0.364. The molecule has 2 heterocycles. The Hall–Kier alpha value is -2.15. The molecule has 0 spiro atoms. The Balaban J connectivity index is 1.60. The van der Waals surface area contributed by atoms with Gasteiger partial charge in [0.1, 0.15) is 10.7 Å². The predicted molar refractivity (Wildman–Crippen MR) is 123 cm³/mol. The van der Waals surface area contributed by atoms with Crippen LogP contribution in [0.3, 0.4) is 0 Å². The average Bonchev–Trinajstić information content (AvgIpc) is 3.20. The molecule has 1 atom stereocenters. The van der Waals surface area contributed by atoms with Crippen LogP contribution < -0.4 is 15.2 Å². The summed E-state index contributed by atoms with van der Waals surface area (Å²) < 4.78 is 5.31. The van der Waals surface area contributed by atoms with Gasteiger partial charge in [-0.2, -0.15) is 5.10 Å². The summed E-state index contributed by atoms with van der Waals surface area (Å²) in [6, 6.07) is 15.9. The molecule has 0 aromatic heterocycles. The lowest BCUT2D eigenvalue weighted by Crippen LogP contribution is -2.46. The number of hydrazone groups is 1. The van der Waals surface area contributed by atoms with Crippen LogP contribution in [0.15, 0.2) is 53.6 Å². The van der Waals surface area contributed by atoms with E-state index in [1.54, 1.807) is 7.11 Å². The number of para-hydroxylation sites is 1. The number of hydrazine groups is 1. The van der Waals surface area contributed by atoms with Gasteiger partial charge in [-0.1, -0.05) is 54.5 Å². The molecule has 0 saturated carbocycles. The van der Waals surface area contributed by atoms with E-state index in [0.29, 0.717) is 10.0 Å². The zero-order chi connectivity index (χ0) is 20.2. The number of hydrogen-bond donors (Lipinski definition) is 1. The first-order valence-corrected chi connectivity index (χ1v) is 10.8. The topological polar surface area (TPSA) is 40.1 Å². The van der Waals surface area contributed by atoms with Gasteiger partial charge in [-0.15, -0.1) is 0 Å². The van der Waals surface area contributed by atoms with Gasteiger partial charge in [0.2, 0.25) is 0 Å². The summed E-state index contributed by atoms with van der Waals surface area (Å²) in [5.74, 6) is 0.833. The molecule has 2 aromatic carbocycles. The number of methoxy groups -OCH3 is 1. The molecule has 1 unspecified atom stereocenters. The van der Waals surface area contributed by atoms with Gasteiger partial charge in [0.05, 0.1) is 29.6 Å². The number of nitrogens with one attached hydrogen (secondary N) is 1. The number of thiocarbonyl (C=S) groups is 1. The summed E-state index contributed by atoms with van der Waals surface area (Å²) in [4.78, 5) is 0.694. The Labute approximate surface area is 182 Å². The largest absolute Gasteiger partial charge is 0.497 e. The second-order valence-electron chi connectivity index (χ2n) is 7.32. The zero-order valence-electron chi connectivity index (χ0n) is 16.5. The molecule has 152 valence electrons. The maximum Gasteiger partial charge on any atom is 0.137 e. The first-order valence-electron chi connectivity index (χ1n) is 9.97. The van der Waals surface area contributed by atoms with Crippen LogP contribution in [0, 0.1) is 0 Å². The summed E-state index contributed by atoms with van der Waals surface area (Å²) >= 11 is 12.2. The molecule has 0 aliphatic carbocycles. The highest BCUT2D eigenvalue weighted by Gasteiger charge is 2.32. The van der Waals surface area contributed by atoms with Gasteiger partial charge in [0.15, 0.2) is 0 Å². The van der Waals surface area contributed by atoms with E-state index >= 15 is 0 Å². The Morgan fingerprint density at radius 3 is 2.52 bits per heavy atom. The Kier molecular flexibility index (Phi) is 6.33. The molecular formula is C22H25ClN4OS. The van der Waals surface area contributed by atoms with Crippen LogP contribution in [0.4, 0.5) is 5.69 Å². The molecule has 5 nitrogen and oxygen atoms in total. The number of hydrogen-bond acceptors (Lipinski definition) is 5. The van der Waals surface area contributed by atoms with Gasteiger partial charge in [0, 0.05) is 19.5 Å². The van der Waals surface area contributed by atoms with Crippen LogP contribution in [0.1, 0.15) is 37.3 Å². The number of nitrogens with zero attached hydrogens (tertiary/aromatic N) is 3. The third kappa shape index (κ3) is 4.55. The Morgan fingerprint density at radius 1 is 1.10 bits per heavy atom. The molecule has 0 amide bonds. The number of ether oxygens (including phenoxy) is 1. The van der Waals surface area contributed by atoms with Gasteiger partial charge in [-0.3, -0.25) is 5.01 Å². The second kappa shape index (κ2) is 9.11. The fourth-order valence-electron chi connectivity index (χ4n) is 3.81. The van der Waals surface area contributed by atoms with Crippen LogP contribution in [-0.2, 0) is 0 Å². The molecule has 1 saturated heterocycles. The summed E-state index contributed by atoms with van der Waals surface area (Å²) in [5.41, 5.74) is 6.30. The lowest BCUT2D eigenvalue weighted by molar-refractivity contribution is 0.197. The number of rotatable bonds is 5. The molecule has 2 aromatic rings. The molecule has 2 aliphatic rings. The first-order chi connectivity index (χ1) is 14.2. The van der Waals surface area contributed by atoms with Crippen LogP contribution in [-0.4, -0.2) is 35.9 Å². The molecule has 0 bridgehead atoms. The van der Waals surface area contributed by atoms with Gasteiger partial charge in [0.25, 0.3) is 0 Å². The minimum absolute atomic E-state index is 0.0249. The smallest absolute Gasteiger partial charge is 0.137 e. The van der Waals surface area contributed by atoms with E-state index in [1.807, 2.05) is 41.4 Å². The van der Waals surface area contributed by atoms with E-state index in [4.69, 9.17) is 33.7 Å². The average molecular weight is 429 g/mol. The lowest BCUT2D eigenvalue weighted by atomic mass is 10.0. The number of halogens is 1. The van der Waals surface area contributed by atoms with Crippen molar-refractivity contribution >= 4 is 40.2 Å². The molecule has 7 heteroatoms. The maximum atomic E-state index is 6.50. The quantitative estimate of drug-likeness (QED) is 0.680. The molecule has 29 heavy (non-hydrogen) atoms. The van der Waals surface area contributed by atoms with Crippen molar-refractivity contribution in [2.75, 3.05) is 25.2 Å². The van der Waals surface area contributed by atoms with Crippen LogP contribution in [0.5, 0.6) is 5.75 Å². The van der Waals surface area contributed by atoms with Crippen LogP contribution in [0.2, 0.25) is 5.02 Å². The predicted octanol–water partition coefficient (Wildman–Crippen LogP) is 4.97. The minimum atomic E-state index is 0.0249. The third-order valence-corrected chi connectivity index (χ3v) is 6.03. The SMILES string of the molecule is COc1ccc(C2CC(C(=S)NN3CCCCC3)=NN2c2ccccc2Cl)cc1. The van der Waals surface area contributed by atoms with E-state index in [0.717, 1.165) is 42.2 Å². The highest BCUT2D eigenvalue weighted by molar-refractivity contribution is 7.82. The number of benzene rings is 2. The lowest BCUT2D eigenvalue weighted by Gasteiger charge is -2.27. The van der Waals surface area contributed by atoms with Crippen molar-refractivity contribution in [1.82, 2.24) is 10.4 Å². The summed E-state index contributed by atoms with van der Waals surface area (Å²) in [6.45, 7) is 2.03. The van der Waals surface area contributed by atoms with E-state index in [9.17, 15) is 0 Å². The second-order valence-corrected chi connectivity index (χ2v) is 8.14. The third-order valence-electron chi connectivity index (χ3n) is 5.39. The van der Waals surface area contributed by atoms with Crippen molar-refractivity contribution in [1.29, 1.82) is 0 Å². The van der Waals surface area contributed by atoms with E-state index < -0.39 is 0 Å². The monoisotopic (exact) mass is 428 g/mol. The highest BCUT2D eigenvalue weighted by atomic mass is 35.5. The first kappa shape index (κ1) is 20.1. The summed E-state index contributed by atoms with van der Waals surface area (Å²) in [5, 5.41) is 9.75. The molecule has 1 N–H and O–H groups in total. The molecule has 2 aliphatic heterocycles. The van der Waals surface area contributed by atoms with E-state index in [2.05, 4.69) is 22.6 Å². The van der Waals surface area contributed by atoms with Crippen molar-refractivity contribution < 1.29 is 4.74 Å². The minimum Gasteiger partial charge on any atom is -0.497 e. The van der Waals surface area contributed by atoms with Gasteiger partial charge >= 0.3 is 0 Å². The Morgan fingerprint density at radius 2 is 1.83 bits per heavy atom. The summed E-state index contributed by atoms with van der Waals surface area (Å²) in [7, 11) is 1.67. The maximum absolute atomic E-state index is 6.50. The van der Waals surface area contributed by atoms with Crippen molar-refractivity contribution in [2.45, 2.75) is 31.7 Å². The molecule has 1 fully saturated rings. The Bertz CT molecular complexity index is 896. The fourth-order valence-corrected chi connectivity index (χ4v) is 4.28. The molecular weight excluding hydrogens is 404 g/mol. The summed E-state index contributed by atoms with van der Waals surface area (Å²) in [6.07, 6.45) is 4.40. The number of piperidine rings is 1. The van der Waals surface area contributed by atoms with Crippen molar-refractivity contribution in [3.63, 3.8) is 0 Å². The molecule has 0 radical (unpaired) electrons. The van der Waals surface area contributed by atoms with Gasteiger partial charge < -0.3 is 10.2 Å². The highest BCUT2D eigenvalue weighted by Crippen LogP contribution is 2.39. The van der Waals surface area contributed by atoms with Crippen molar-refractivity contribution in [2.24, 2.45) is 5.10 Å². The standard InChI is InChI=1S/C22H25ClN4OS/c1-28-17-11-9-16(10-12-17)21-15-19(22(29)25-26-13-5-2-6-14-26)24-27(21)20-8-4-3-7-18(20)23/h3-4,7-12,21H,2,5-6,13-15H2,1H3,(H,25,29). The molecule has 4 rings (SSSR count). The van der Waals surface area contributed by atoms with Crippen LogP contribution in [0.25, 0.3) is 0 Å². The normalized spacial score (nSPS) is 19.7. The van der Waals surface area contributed by atoms with E-state index in [1.165, 1.54) is 19.3 Å². The zero-order valence-corrected chi connectivity index (χ0v) is 18.0. The van der Waals surface area contributed by atoms with Crippen LogP contribution >= 0.6 is 23.8 Å². The van der Waals surface area contributed by atoms with Gasteiger partial charge in [-0.25, -0.2) is 5.01 Å². The van der Waals surface area contributed by atoms with E-state index in [-0.39, 0.29) is 6.04 Å². The van der Waals surface area contributed by atoms with Crippen molar-refractivity contribution in [3.8, 4) is 5.75 Å². The number of anilines is 1.